The largest absolute Gasteiger partial charge is 0.350 e. The normalized spacial score (nSPS) is 18.3. The van der Waals surface area contributed by atoms with Gasteiger partial charge in [-0.25, -0.2) is 0 Å². The van der Waals surface area contributed by atoms with Crippen LogP contribution in [0.1, 0.15) is 63.5 Å². The van der Waals surface area contributed by atoms with Crippen LogP contribution in [-0.4, -0.2) is 5.91 Å². The SMILES string of the molecule is CC(NC(=O)CC1CCCCCC1)c1ccc(Br)cc1. The predicted molar refractivity (Wildman–Crippen MR) is 86.5 cm³/mol. The second-order valence-corrected chi connectivity index (χ2v) is 6.82. The second kappa shape index (κ2) is 7.82. The molecule has 1 aromatic carbocycles. The van der Waals surface area contributed by atoms with Crippen LogP contribution in [0.5, 0.6) is 0 Å². The molecular formula is C17H24BrNO. The number of hydrogen-bond acceptors (Lipinski definition) is 1. The number of nitrogens with one attached hydrogen (secondary N) is 1. The van der Waals surface area contributed by atoms with Crippen molar-refractivity contribution in [1.82, 2.24) is 5.32 Å². The van der Waals surface area contributed by atoms with Crippen molar-refractivity contribution < 1.29 is 4.79 Å². The molecule has 1 aliphatic rings. The van der Waals surface area contributed by atoms with Gasteiger partial charge < -0.3 is 5.32 Å². The Morgan fingerprint density at radius 1 is 1.20 bits per heavy atom. The van der Waals surface area contributed by atoms with Crippen molar-refractivity contribution in [2.75, 3.05) is 0 Å². The first-order valence-electron chi connectivity index (χ1n) is 7.70. The van der Waals surface area contributed by atoms with Gasteiger partial charge in [0, 0.05) is 10.9 Å². The number of carbonyl (C=O) groups is 1. The molecule has 1 amide bonds. The Hall–Kier alpha value is -0.830. The van der Waals surface area contributed by atoms with E-state index in [0.29, 0.717) is 12.3 Å². The third kappa shape index (κ3) is 4.93. The minimum Gasteiger partial charge on any atom is -0.350 e. The lowest BCUT2D eigenvalue weighted by atomic mass is 9.96. The van der Waals surface area contributed by atoms with Crippen LogP contribution in [0.3, 0.4) is 0 Å². The van der Waals surface area contributed by atoms with Gasteiger partial charge in [-0.15, -0.1) is 0 Å². The van der Waals surface area contributed by atoms with Gasteiger partial charge in [0.2, 0.25) is 5.91 Å². The summed E-state index contributed by atoms with van der Waals surface area (Å²) < 4.78 is 1.07. The molecule has 2 rings (SSSR count). The van der Waals surface area contributed by atoms with E-state index >= 15 is 0 Å². The summed E-state index contributed by atoms with van der Waals surface area (Å²) in [5, 5.41) is 3.13. The Morgan fingerprint density at radius 3 is 2.40 bits per heavy atom. The Labute approximate surface area is 130 Å². The number of carbonyl (C=O) groups excluding carboxylic acids is 1. The first-order valence-corrected chi connectivity index (χ1v) is 8.49. The van der Waals surface area contributed by atoms with E-state index in [2.05, 4.69) is 33.4 Å². The first kappa shape index (κ1) is 15.6. The summed E-state index contributed by atoms with van der Waals surface area (Å²) in [5.74, 6) is 0.793. The molecule has 0 radical (unpaired) electrons. The van der Waals surface area contributed by atoms with E-state index in [1.54, 1.807) is 0 Å². The van der Waals surface area contributed by atoms with Gasteiger partial charge in [-0.05, 0) is 43.4 Å². The van der Waals surface area contributed by atoms with Gasteiger partial charge in [-0.1, -0.05) is 53.7 Å². The fourth-order valence-electron chi connectivity index (χ4n) is 2.97. The molecule has 3 heteroatoms. The zero-order valence-corrected chi connectivity index (χ0v) is 13.8. The molecule has 20 heavy (non-hydrogen) atoms. The molecule has 2 nitrogen and oxygen atoms in total. The summed E-state index contributed by atoms with van der Waals surface area (Å²) in [6.07, 6.45) is 8.41. The molecule has 1 atom stereocenters. The maximum atomic E-state index is 12.2. The smallest absolute Gasteiger partial charge is 0.220 e. The molecule has 110 valence electrons. The molecule has 0 bridgehead atoms. The van der Waals surface area contributed by atoms with Crippen molar-refractivity contribution in [1.29, 1.82) is 0 Å². The van der Waals surface area contributed by atoms with E-state index in [4.69, 9.17) is 0 Å². The van der Waals surface area contributed by atoms with Gasteiger partial charge in [0.1, 0.15) is 0 Å². The molecule has 1 unspecified atom stereocenters. The van der Waals surface area contributed by atoms with Crippen LogP contribution in [0.15, 0.2) is 28.7 Å². The third-order valence-corrected chi connectivity index (χ3v) is 4.72. The predicted octanol–water partition coefficient (Wildman–Crippen LogP) is 4.99. The van der Waals surface area contributed by atoms with Crippen molar-refractivity contribution in [3.63, 3.8) is 0 Å². The first-order chi connectivity index (χ1) is 9.65. The van der Waals surface area contributed by atoms with Crippen molar-refractivity contribution in [2.24, 2.45) is 5.92 Å². The summed E-state index contributed by atoms with van der Waals surface area (Å²) in [5.41, 5.74) is 1.16. The quantitative estimate of drug-likeness (QED) is 0.770. The maximum Gasteiger partial charge on any atom is 0.220 e. The topological polar surface area (TPSA) is 29.1 Å². The van der Waals surface area contributed by atoms with Crippen LogP contribution in [0.2, 0.25) is 0 Å². The van der Waals surface area contributed by atoms with E-state index in [1.807, 2.05) is 19.1 Å². The zero-order valence-electron chi connectivity index (χ0n) is 12.2. The summed E-state index contributed by atoms with van der Waals surface area (Å²) in [6, 6.07) is 8.23. The number of hydrogen-bond donors (Lipinski definition) is 1. The molecule has 0 aliphatic heterocycles. The zero-order chi connectivity index (χ0) is 14.4. The number of benzene rings is 1. The molecule has 0 aromatic heterocycles. The van der Waals surface area contributed by atoms with Gasteiger partial charge in [-0.3, -0.25) is 4.79 Å². The van der Waals surface area contributed by atoms with E-state index in [1.165, 1.54) is 38.5 Å². The van der Waals surface area contributed by atoms with Crippen LogP contribution < -0.4 is 5.32 Å². The standard InChI is InChI=1S/C17H24BrNO/c1-13(15-8-10-16(18)11-9-15)19-17(20)12-14-6-4-2-3-5-7-14/h8-11,13-14H,2-7,12H2,1H3,(H,19,20). The van der Waals surface area contributed by atoms with Crippen LogP contribution in [0.4, 0.5) is 0 Å². The van der Waals surface area contributed by atoms with E-state index < -0.39 is 0 Å². The molecule has 1 N–H and O–H groups in total. The fraction of sp³-hybridized carbons (Fsp3) is 0.588. The number of halogens is 1. The molecule has 1 saturated carbocycles. The Morgan fingerprint density at radius 2 is 1.80 bits per heavy atom. The van der Waals surface area contributed by atoms with Gasteiger partial charge in [-0.2, -0.15) is 0 Å². The minimum atomic E-state index is 0.0846. The van der Waals surface area contributed by atoms with Gasteiger partial charge in [0.05, 0.1) is 6.04 Å². The van der Waals surface area contributed by atoms with E-state index in [-0.39, 0.29) is 11.9 Å². The van der Waals surface area contributed by atoms with Gasteiger partial charge >= 0.3 is 0 Å². The molecule has 1 fully saturated rings. The van der Waals surface area contributed by atoms with Crippen molar-refractivity contribution in [3.05, 3.63) is 34.3 Å². The average Bonchev–Trinajstić information content (AvgIpc) is 2.68. The Kier molecular flexibility index (Phi) is 6.08. The van der Waals surface area contributed by atoms with Crippen LogP contribution in [0, 0.1) is 5.92 Å². The summed E-state index contributed by atoms with van der Waals surface area (Å²) in [4.78, 5) is 12.2. The highest BCUT2D eigenvalue weighted by atomic mass is 79.9. The molecular weight excluding hydrogens is 314 g/mol. The highest BCUT2D eigenvalue weighted by Gasteiger charge is 2.17. The molecule has 1 aliphatic carbocycles. The second-order valence-electron chi connectivity index (χ2n) is 5.90. The molecule has 0 spiro atoms. The van der Waals surface area contributed by atoms with Crippen molar-refractivity contribution in [2.45, 2.75) is 57.9 Å². The Balaban J connectivity index is 1.82. The summed E-state index contributed by atoms with van der Waals surface area (Å²) >= 11 is 3.43. The minimum absolute atomic E-state index is 0.0846. The van der Waals surface area contributed by atoms with Gasteiger partial charge in [0.15, 0.2) is 0 Å². The summed E-state index contributed by atoms with van der Waals surface area (Å²) in [6.45, 7) is 2.05. The van der Waals surface area contributed by atoms with E-state index in [9.17, 15) is 4.79 Å². The van der Waals surface area contributed by atoms with Crippen molar-refractivity contribution >= 4 is 21.8 Å². The lowest BCUT2D eigenvalue weighted by molar-refractivity contribution is -0.122. The molecule has 0 heterocycles. The van der Waals surface area contributed by atoms with Crippen molar-refractivity contribution in [3.8, 4) is 0 Å². The highest BCUT2D eigenvalue weighted by Crippen LogP contribution is 2.25. The van der Waals surface area contributed by atoms with Crippen LogP contribution in [-0.2, 0) is 4.79 Å². The van der Waals surface area contributed by atoms with Crippen LogP contribution >= 0.6 is 15.9 Å². The summed E-state index contributed by atoms with van der Waals surface area (Å²) in [7, 11) is 0. The lowest BCUT2D eigenvalue weighted by Crippen LogP contribution is -2.28. The molecule has 1 aromatic rings. The number of amides is 1. The highest BCUT2D eigenvalue weighted by molar-refractivity contribution is 9.10. The number of rotatable bonds is 4. The van der Waals surface area contributed by atoms with E-state index in [0.717, 1.165) is 10.0 Å². The van der Waals surface area contributed by atoms with Crippen LogP contribution in [0.25, 0.3) is 0 Å². The lowest BCUT2D eigenvalue weighted by Gasteiger charge is -2.18. The molecule has 0 saturated heterocycles. The maximum absolute atomic E-state index is 12.2. The monoisotopic (exact) mass is 337 g/mol. The Bertz CT molecular complexity index is 421. The van der Waals surface area contributed by atoms with Gasteiger partial charge in [0.25, 0.3) is 0 Å². The third-order valence-electron chi connectivity index (χ3n) is 4.20. The fourth-order valence-corrected chi connectivity index (χ4v) is 3.23. The average molecular weight is 338 g/mol.